The molecule has 0 amide bonds. The van der Waals surface area contributed by atoms with Crippen LogP contribution in [-0.2, 0) is 5.41 Å². The summed E-state index contributed by atoms with van der Waals surface area (Å²) in [5, 5.41) is 2.62. The maximum absolute atomic E-state index is 5.10. The van der Waals surface area contributed by atoms with E-state index in [0.29, 0.717) is 0 Å². The minimum absolute atomic E-state index is 0.0705. The van der Waals surface area contributed by atoms with Crippen LogP contribution in [0.15, 0.2) is 78.9 Å². The highest BCUT2D eigenvalue weighted by Gasteiger charge is 2.38. The zero-order chi connectivity index (χ0) is 20.5. The van der Waals surface area contributed by atoms with E-state index in [9.17, 15) is 0 Å². The summed E-state index contributed by atoms with van der Waals surface area (Å²) in [4.78, 5) is 5.10. The van der Waals surface area contributed by atoms with Gasteiger partial charge in [0.25, 0.3) is 0 Å². The van der Waals surface area contributed by atoms with Crippen LogP contribution in [0.4, 0.5) is 0 Å². The molecule has 0 unspecified atom stereocenters. The van der Waals surface area contributed by atoms with Crippen LogP contribution in [0.1, 0.15) is 25.0 Å². The lowest BCUT2D eigenvalue weighted by atomic mass is 9.81. The van der Waals surface area contributed by atoms with Gasteiger partial charge in [0.2, 0.25) is 5.78 Å². The molecule has 0 saturated heterocycles. The van der Waals surface area contributed by atoms with Crippen molar-refractivity contribution < 1.29 is 0 Å². The summed E-state index contributed by atoms with van der Waals surface area (Å²) < 4.78 is 4.75. The largest absolute Gasteiger partial charge is 0.277 e. The Morgan fingerprint density at radius 1 is 0.645 bits per heavy atom. The average molecular weight is 397 g/mol. The van der Waals surface area contributed by atoms with Gasteiger partial charge in [-0.15, -0.1) is 0 Å². The fourth-order valence-electron chi connectivity index (χ4n) is 6.17. The minimum Gasteiger partial charge on any atom is -0.277 e. The van der Waals surface area contributed by atoms with Gasteiger partial charge in [-0.1, -0.05) is 74.5 Å². The molecule has 8 rings (SSSR count). The fraction of sp³-hybridized carbons (Fsp3) is 0.107. The minimum atomic E-state index is -0.0705. The van der Waals surface area contributed by atoms with E-state index in [1.54, 1.807) is 0 Å². The number of rotatable bonds is 0. The van der Waals surface area contributed by atoms with Crippen LogP contribution in [-0.4, -0.2) is 13.8 Å². The first kappa shape index (κ1) is 15.9. The van der Waals surface area contributed by atoms with E-state index in [1.165, 1.54) is 49.6 Å². The lowest BCUT2D eigenvalue weighted by molar-refractivity contribution is 0.664. The zero-order valence-corrected chi connectivity index (χ0v) is 17.3. The lowest BCUT2D eigenvalue weighted by Crippen LogP contribution is -2.16. The molecule has 3 aromatic heterocycles. The van der Waals surface area contributed by atoms with E-state index in [4.69, 9.17) is 4.98 Å². The predicted molar refractivity (Wildman–Crippen MR) is 127 cm³/mol. The number of imidazole rings is 2. The van der Waals surface area contributed by atoms with Crippen molar-refractivity contribution in [2.45, 2.75) is 19.3 Å². The molecule has 3 heteroatoms. The summed E-state index contributed by atoms with van der Waals surface area (Å²) in [6, 6.07) is 28.6. The summed E-state index contributed by atoms with van der Waals surface area (Å²) in [5.41, 5.74) is 11.4. The van der Waals surface area contributed by atoms with E-state index in [2.05, 4.69) is 102 Å². The zero-order valence-electron chi connectivity index (χ0n) is 17.3. The highest BCUT2D eigenvalue weighted by atomic mass is 15.2. The van der Waals surface area contributed by atoms with Crippen molar-refractivity contribution in [2.24, 2.45) is 0 Å². The number of benzene rings is 4. The third-order valence-electron chi connectivity index (χ3n) is 7.43. The molecule has 0 bridgehead atoms. The van der Waals surface area contributed by atoms with Gasteiger partial charge in [-0.3, -0.25) is 8.80 Å². The number of hydrogen-bond donors (Lipinski definition) is 0. The number of nitrogens with zero attached hydrogens (tertiary/aromatic N) is 3. The van der Waals surface area contributed by atoms with Gasteiger partial charge in [-0.05, 0) is 40.5 Å². The van der Waals surface area contributed by atoms with Gasteiger partial charge in [-0.2, -0.15) is 0 Å². The predicted octanol–water partition coefficient (Wildman–Crippen LogP) is 6.79. The molecule has 3 nitrogen and oxygen atoms in total. The second kappa shape index (κ2) is 4.89. The molecule has 3 heterocycles. The second-order valence-electron chi connectivity index (χ2n) is 9.30. The Kier molecular flexibility index (Phi) is 2.51. The average Bonchev–Trinajstić information content (AvgIpc) is 3.48. The SMILES string of the molecule is CC1(C)c2ccccc2-c2ccc3c4cccc5c4n(c3c21)c1nc2ccccc2n51. The lowest BCUT2D eigenvalue weighted by Gasteiger charge is -2.22. The monoisotopic (exact) mass is 397 g/mol. The van der Waals surface area contributed by atoms with Gasteiger partial charge in [0.1, 0.15) is 0 Å². The van der Waals surface area contributed by atoms with Crippen LogP contribution in [0.2, 0.25) is 0 Å². The topological polar surface area (TPSA) is 21.7 Å². The van der Waals surface area contributed by atoms with E-state index in [-0.39, 0.29) is 5.41 Å². The van der Waals surface area contributed by atoms with E-state index < -0.39 is 0 Å². The third-order valence-corrected chi connectivity index (χ3v) is 7.43. The maximum atomic E-state index is 5.10. The molecule has 4 aromatic carbocycles. The van der Waals surface area contributed by atoms with Crippen molar-refractivity contribution in [3.8, 4) is 11.1 Å². The molecule has 146 valence electrons. The molecule has 0 aliphatic heterocycles. The Morgan fingerprint density at radius 3 is 2.35 bits per heavy atom. The van der Waals surface area contributed by atoms with Gasteiger partial charge in [0.15, 0.2) is 0 Å². The number of aromatic nitrogens is 3. The van der Waals surface area contributed by atoms with Gasteiger partial charge >= 0.3 is 0 Å². The van der Waals surface area contributed by atoms with Gasteiger partial charge in [0.05, 0.1) is 27.6 Å². The first-order valence-electron chi connectivity index (χ1n) is 10.8. The maximum Gasteiger partial charge on any atom is 0.220 e. The Balaban J connectivity index is 1.71. The van der Waals surface area contributed by atoms with Gasteiger partial charge in [0, 0.05) is 16.2 Å². The summed E-state index contributed by atoms with van der Waals surface area (Å²) >= 11 is 0. The normalized spacial score (nSPS) is 15.0. The Labute approximate surface area is 178 Å². The molecule has 0 fully saturated rings. The first-order valence-corrected chi connectivity index (χ1v) is 10.8. The van der Waals surface area contributed by atoms with Crippen LogP contribution >= 0.6 is 0 Å². The van der Waals surface area contributed by atoms with Crippen LogP contribution in [0.25, 0.3) is 55.3 Å². The molecule has 0 radical (unpaired) electrons. The molecule has 1 aliphatic rings. The summed E-state index contributed by atoms with van der Waals surface area (Å²) in [5.74, 6) is 1.00. The van der Waals surface area contributed by atoms with E-state index in [0.717, 1.165) is 16.8 Å². The Hall–Kier alpha value is -3.85. The van der Waals surface area contributed by atoms with E-state index in [1.807, 2.05) is 0 Å². The van der Waals surface area contributed by atoms with Gasteiger partial charge < -0.3 is 0 Å². The first-order chi connectivity index (χ1) is 15.2. The van der Waals surface area contributed by atoms with Gasteiger partial charge in [-0.25, -0.2) is 4.98 Å². The summed E-state index contributed by atoms with van der Waals surface area (Å²) in [6.07, 6.45) is 0. The fourth-order valence-corrected chi connectivity index (χ4v) is 6.17. The quantitative estimate of drug-likeness (QED) is 0.276. The number of fused-ring (bicyclic) bond motifs is 12. The molecule has 0 saturated carbocycles. The second-order valence-corrected chi connectivity index (χ2v) is 9.30. The molecule has 7 aromatic rings. The van der Waals surface area contributed by atoms with Crippen molar-refractivity contribution >= 4 is 44.1 Å². The molecule has 0 atom stereocenters. The molecule has 0 N–H and O–H groups in total. The molecule has 1 aliphatic carbocycles. The Bertz CT molecular complexity index is 1860. The summed E-state index contributed by atoms with van der Waals surface area (Å²) in [7, 11) is 0. The molecule has 31 heavy (non-hydrogen) atoms. The van der Waals surface area contributed by atoms with Crippen LogP contribution in [0.3, 0.4) is 0 Å². The Morgan fingerprint density at radius 2 is 1.42 bits per heavy atom. The molecule has 0 spiro atoms. The smallest absolute Gasteiger partial charge is 0.220 e. The standard InChI is InChI=1S/C28H19N3/c1-28(2)20-10-4-3-8-16(20)17-14-15-19-18-9-7-13-23-25(18)31(26(19)24(17)28)27-29-21-11-5-6-12-22(21)30(23)27/h3-15H,1-2H3. The highest BCUT2D eigenvalue weighted by Crippen LogP contribution is 2.52. The third kappa shape index (κ3) is 1.62. The molecular weight excluding hydrogens is 378 g/mol. The van der Waals surface area contributed by atoms with Crippen molar-refractivity contribution in [1.29, 1.82) is 0 Å². The number of para-hydroxylation sites is 3. The number of hydrogen-bond acceptors (Lipinski definition) is 1. The molecular formula is C28H19N3. The van der Waals surface area contributed by atoms with Crippen molar-refractivity contribution in [1.82, 2.24) is 13.8 Å². The van der Waals surface area contributed by atoms with Crippen molar-refractivity contribution in [2.75, 3.05) is 0 Å². The van der Waals surface area contributed by atoms with Crippen LogP contribution < -0.4 is 0 Å². The van der Waals surface area contributed by atoms with Crippen molar-refractivity contribution in [3.05, 3.63) is 90.0 Å². The highest BCUT2D eigenvalue weighted by molar-refractivity contribution is 6.18. The van der Waals surface area contributed by atoms with Crippen LogP contribution in [0, 0.1) is 0 Å². The van der Waals surface area contributed by atoms with Crippen molar-refractivity contribution in [3.63, 3.8) is 0 Å². The van der Waals surface area contributed by atoms with Crippen LogP contribution in [0.5, 0.6) is 0 Å². The summed E-state index contributed by atoms with van der Waals surface area (Å²) in [6.45, 7) is 4.72. The van der Waals surface area contributed by atoms with E-state index >= 15 is 0 Å².